The Hall–Kier alpha value is -1.35. The summed E-state index contributed by atoms with van der Waals surface area (Å²) in [5.74, 6) is 2.07. The zero-order chi connectivity index (χ0) is 23.5. The molecule has 0 radical (unpaired) electrons. The predicted octanol–water partition coefficient (Wildman–Crippen LogP) is 5.11. The fourth-order valence-electron chi connectivity index (χ4n) is 3.24. The van der Waals surface area contributed by atoms with Gasteiger partial charge in [0.15, 0.2) is 21.5 Å². The molecule has 0 aromatic carbocycles. The topological polar surface area (TPSA) is 74.6 Å². The number of pyridine rings is 1. The first-order chi connectivity index (χ1) is 12.8. The minimum Gasteiger partial charge on any atom is -0.741 e. The van der Waals surface area contributed by atoms with E-state index < -0.39 is 15.6 Å². The van der Waals surface area contributed by atoms with Crippen molar-refractivity contribution >= 4 is 15.8 Å². The van der Waals surface area contributed by atoms with Crippen LogP contribution in [0, 0.1) is 0 Å². The van der Waals surface area contributed by atoms with Crippen molar-refractivity contribution in [3.63, 3.8) is 0 Å². The number of aromatic nitrogens is 1. The van der Waals surface area contributed by atoms with Crippen LogP contribution in [0.15, 0.2) is 0 Å². The maximum atomic E-state index is 10.7. The van der Waals surface area contributed by atoms with Crippen LogP contribution >= 0.6 is 0 Å². The number of halogens is 3. The Labute approximate surface area is 173 Å². The summed E-state index contributed by atoms with van der Waals surface area (Å²) in [5, 5.41) is 0. The number of alkyl halides is 3. The molecular formula is C20H35F3N2O3S. The van der Waals surface area contributed by atoms with Gasteiger partial charge >= 0.3 is 5.51 Å². The fourth-order valence-corrected chi connectivity index (χ4v) is 3.24. The smallest absolute Gasteiger partial charge is 0.485 e. The van der Waals surface area contributed by atoms with E-state index in [0.717, 1.165) is 0 Å². The van der Waals surface area contributed by atoms with Gasteiger partial charge in [0.2, 0.25) is 0 Å². The molecule has 0 bridgehead atoms. The zero-order valence-corrected chi connectivity index (χ0v) is 19.8. The van der Waals surface area contributed by atoms with Gasteiger partial charge in [-0.25, -0.2) is 13.4 Å². The third-order valence-electron chi connectivity index (χ3n) is 4.40. The average Bonchev–Trinajstić information content (AvgIpc) is 2.50. The molecule has 0 aliphatic rings. The molecule has 5 nitrogen and oxygen atoms in total. The molecule has 0 fully saturated rings. The molecule has 1 aromatic heterocycles. The minimum absolute atomic E-state index is 0.514. The van der Waals surface area contributed by atoms with Gasteiger partial charge < -0.3 is 9.45 Å². The van der Waals surface area contributed by atoms with Crippen LogP contribution in [-0.2, 0) is 10.1 Å². The lowest BCUT2D eigenvalue weighted by Crippen LogP contribution is -2.29. The number of rotatable bonds is 5. The maximum absolute atomic E-state index is 10.7. The first-order valence-electron chi connectivity index (χ1n) is 9.66. The van der Waals surface area contributed by atoms with Gasteiger partial charge in [0.05, 0.1) is 5.69 Å². The zero-order valence-electron chi connectivity index (χ0n) is 19.0. The first-order valence-corrected chi connectivity index (χ1v) is 11.1. The van der Waals surface area contributed by atoms with E-state index in [1.807, 2.05) is 0 Å². The molecule has 0 atom stereocenters. The summed E-state index contributed by atoms with van der Waals surface area (Å²) in [7, 11) is -1.73. The summed E-state index contributed by atoms with van der Waals surface area (Å²) in [5.41, 5.74) is 1.58. The van der Waals surface area contributed by atoms with Crippen molar-refractivity contribution in [2.24, 2.45) is 0 Å². The highest BCUT2D eigenvalue weighted by atomic mass is 32.2. The Morgan fingerprint density at radius 3 is 1.21 bits per heavy atom. The number of anilines is 1. The molecule has 0 unspecified atom stereocenters. The second-order valence-corrected chi connectivity index (χ2v) is 9.91. The van der Waals surface area contributed by atoms with Crippen molar-refractivity contribution in [2.75, 3.05) is 19.0 Å². The molecule has 0 saturated heterocycles. The van der Waals surface area contributed by atoms with Crippen LogP contribution < -0.4 is 9.88 Å². The highest BCUT2D eigenvalue weighted by Crippen LogP contribution is 2.40. The Balaban J connectivity index is 0.000000828. The number of nitrogens with zero attached hydrogens (tertiary/aromatic N) is 1. The van der Waals surface area contributed by atoms with Crippen LogP contribution in [-0.4, -0.2) is 32.6 Å². The largest absolute Gasteiger partial charge is 0.741 e. The van der Waals surface area contributed by atoms with Gasteiger partial charge in [0.1, 0.15) is 0 Å². The van der Waals surface area contributed by atoms with Crippen LogP contribution in [0.3, 0.4) is 0 Å². The first kappa shape index (κ1) is 27.6. The molecule has 0 saturated carbocycles. The van der Waals surface area contributed by atoms with Gasteiger partial charge in [-0.1, -0.05) is 55.4 Å². The number of nitrogens with one attached hydrogen (secondary N) is 1. The van der Waals surface area contributed by atoms with Crippen LogP contribution in [0.5, 0.6) is 0 Å². The van der Waals surface area contributed by atoms with Gasteiger partial charge in [-0.3, -0.25) is 0 Å². The van der Waals surface area contributed by atoms with Crippen LogP contribution in [0.1, 0.15) is 102 Å². The number of H-pyrrole nitrogens is 1. The fraction of sp³-hybridized carbons (Fsp3) is 0.750. The van der Waals surface area contributed by atoms with Crippen molar-refractivity contribution in [1.29, 1.82) is 0 Å². The monoisotopic (exact) mass is 440 g/mol. The van der Waals surface area contributed by atoms with Crippen molar-refractivity contribution in [3.8, 4) is 0 Å². The van der Waals surface area contributed by atoms with Crippen molar-refractivity contribution < 1.29 is 31.1 Å². The summed E-state index contributed by atoms with van der Waals surface area (Å²) in [6.07, 6.45) is 0. The van der Waals surface area contributed by atoms with Crippen molar-refractivity contribution in [2.45, 2.75) is 84.6 Å². The van der Waals surface area contributed by atoms with E-state index in [4.69, 9.17) is 13.0 Å². The lowest BCUT2D eigenvalue weighted by atomic mass is 9.85. The Kier molecular flexibility index (Phi) is 9.64. The summed E-state index contributed by atoms with van der Waals surface area (Å²) in [6, 6.07) is 0. The molecule has 1 heterocycles. The molecule has 0 spiro atoms. The average molecular weight is 441 g/mol. The van der Waals surface area contributed by atoms with Gasteiger partial charge in [-0.2, -0.15) is 13.2 Å². The van der Waals surface area contributed by atoms with E-state index in [9.17, 15) is 13.2 Å². The number of hydrogen-bond acceptors (Lipinski definition) is 4. The van der Waals surface area contributed by atoms with Gasteiger partial charge in [-0.15, -0.1) is 0 Å². The number of aromatic amines is 1. The Bertz CT molecular complexity index is 747. The van der Waals surface area contributed by atoms with E-state index in [0.29, 0.717) is 23.7 Å². The summed E-state index contributed by atoms with van der Waals surface area (Å²) < 4.78 is 58.9. The van der Waals surface area contributed by atoms with Gasteiger partial charge in [-0.05, 0) is 11.8 Å². The standard InChI is InChI=1S/C19H34N2.CHF3O3S/c1-11(2)15-17(13(5)6)20-18(14(7)8)16(12(3)4)19(15)21(9)10;2-1(3,4)8(5,6)7/h11-14H,1-10H3;(H,5,6,7). The second-order valence-electron chi connectivity index (χ2n) is 8.54. The van der Waals surface area contributed by atoms with E-state index in [-0.39, 0.29) is 0 Å². The maximum Gasteiger partial charge on any atom is 0.485 e. The molecule has 9 heteroatoms. The predicted molar refractivity (Wildman–Crippen MR) is 109 cm³/mol. The lowest BCUT2D eigenvalue weighted by Gasteiger charge is -2.27. The molecule has 1 N–H and O–H groups in total. The molecule has 0 aliphatic carbocycles. The second kappa shape index (κ2) is 10.1. The Morgan fingerprint density at radius 1 is 0.793 bits per heavy atom. The third kappa shape index (κ3) is 7.13. The molecule has 0 amide bonds. The molecule has 29 heavy (non-hydrogen) atoms. The van der Waals surface area contributed by atoms with Gasteiger partial charge in [0.25, 0.3) is 0 Å². The van der Waals surface area contributed by atoms with Crippen LogP contribution in [0.2, 0.25) is 0 Å². The van der Waals surface area contributed by atoms with E-state index >= 15 is 0 Å². The molecule has 1 aromatic rings. The molecular weight excluding hydrogens is 405 g/mol. The highest BCUT2D eigenvalue weighted by Gasteiger charge is 2.37. The Morgan fingerprint density at radius 2 is 1.07 bits per heavy atom. The van der Waals surface area contributed by atoms with E-state index in [2.05, 4.69) is 79.4 Å². The minimum atomic E-state index is -6.09. The van der Waals surface area contributed by atoms with E-state index in [1.54, 1.807) is 0 Å². The number of hydrogen-bond donors (Lipinski definition) is 0. The molecule has 0 aliphatic heterocycles. The SMILES string of the molecule is CC(C)c1[nH+]c(C(C)C)c(C(C)C)c(N(C)C)c1C(C)C.O=S(=O)([O-])C(F)(F)F. The third-order valence-corrected chi connectivity index (χ3v) is 4.97. The summed E-state index contributed by atoms with van der Waals surface area (Å²) in [4.78, 5) is 6.13. The van der Waals surface area contributed by atoms with Crippen LogP contribution in [0.25, 0.3) is 0 Å². The quantitative estimate of drug-likeness (QED) is 0.471. The normalized spacial score (nSPS) is 12.6. The van der Waals surface area contributed by atoms with Crippen molar-refractivity contribution in [3.05, 3.63) is 22.5 Å². The van der Waals surface area contributed by atoms with Crippen molar-refractivity contribution in [1.82, 2.24) is 0 Å². The lowest BCUT2D eigenvalue weighted by molar-refractivity contribution is -0.407. The highest BCUT2D eigenvalue weighted by molar-refractivity contribution is 7.86. The van der Waals surface area contributed by atoms with E-state index in [1.165, 1.54) is 28.2 Å². The van der Waals surface area contributed by atoms with Crippen LogP contribution in [0.4, 0.5) is 18.9 Å². The van der Waals surface area contributed by atoms with Gasteiger partial charge in [0, 0.05) is 37.1 Å². The molecule has 1 rings (SSSR count). The summed E-state index contributed by atoms with van der Waals surface area (Å²) >= 11 is 0. The molecule has 170 valence electrons. The summed E-state index contributed by atoms with van der Waals surface area (Å²) in [6.45, 7) is 18.4.